The summed E-state index contributed by atoms with van der Waals surface area (Å²) in [4.78, 5) is 11.0. The zero-order chi connectivity index (χ0) is 11.3. The normalized spacial score (nSPS) is 28.7. The van der Waals surface area contributed by atoms with E-state index in [1.165, 1.54) is 25.7 Å². The molecule has 0 heterocycles. The van der Waals surface area contributed by atoms with Crippen LogP contribution in [0.3, 0.4) is 0 Å². The van der Waals surface area contributed by atoms with Gasteiger partial charge in [-0.3, -0.25) is 4.79 Å². The highest BCUT2D eigenvalue weighted by Gasteiger charge is 2.30. The molecular formula is C13H24O2. The Morgan fingerprint density at radius 1 is 1.27 bits per heavy atom. The molecule has 1 rings (SSSR count). The van der Waals surface area contributed by atoms with Crippen molar-refractivity contribution >= 4 is 5.97 Å². The van der Waals surface area contributed by atoms with Gasteiger partial charge in [0.15, 0.2) is 0 Å². The van der Waals surface area contributed by atoms with E-state index >= 15 is 0 Å². The topological polar surface area (TPSA) is 37.3 Å². The molecule has 0 aromatic heterocycles. The lowest BCUT2D eigenvalue weighted by Crippen LogP contribution is -2.27. The van der Waals surface area contributed by atoms with Crippen LogP contribution in [0.5, 0.6) is 0 Å². The molecule has 2 heteroatoms. The van der Waals surface area contributed by atoms with Crippen LogP contribution in [0, 0.1) is 17.8 Å². The van der Waals surface area contributed by atoms with Crippen LogP contribution in [-0.2, 0) is 4.79 Å². The summed E-state index contributed by atoms with van der Waals surface area (Å²) in [7, 11) is 0. The van der Waals surface area contributed by atoms with Gasteiger partial charge in [-0.2, -0.15) is 0 Å². The summed E-state index contributed by atoms with van der Waals surface area (Å²) >= 11 is 0. The second-order valence-electron chi connectivity index (χ2n) is 4.92. The largest absolute Gasteiger partial charge is 0.481 e. The maximum absolute atomic E-state index is 11.0. The van der Waals surface area contributed by atoms with Crippen LogP contribution in [0.1, 0.15) is 58.8 Å². The van der Waals surface area contributed by atoms with E-state index in [0.29, 0.717) is 5.92 Å². The van der Waals surface area contributed by atoms with Crippen LogP contribution in [0.15, 0.2) is 0 Å². The first kappa shape index (κ1) is 12.5. The standard InChI is InChI=1S/C13H24O2/c1-3-5-10-6-8-11(9-7-10)12(4-2)13(14)15/h10-12H,3-9H2,1-2H3,(H,14,15). The lowest BCUT2D eigenvalue weighted by Gasteiger charge is -2.31. The van der Waals surface area contributed by atoms with E-state index in [2.05, 4.69) is 6.92 Å². The third-order valence-corrected chi connectivity index (χ3v) is 3.91. The van der Waals surface area contributed by atoms with E-state index in [0.717, 1.165) is 25.2 Å². The first-order chi connectivity index (χ1) is 7.19. The SMILES string of the molecule is CCCC1CCC(C(CC)C(=O)O)CC1. The summed E-state index contributed by atoms with van der Waals surface area (Å²) in [5.74, 6) is 0.641. The molecule has 0 radical (unpaired) electrons. The second-order valence-corrected chi connectivity index (χ2v) is 4.92. The smallest absolute Gasteiger partial charge is 0.306 e. The van der Waals surface area contributed by atoms with E-state index in [9.17, 15) is 4.79 Å². The Balaban J connectivity index is 2.38. The van der Waals surface area contributed by atoms with Crippen LogP contribution in [0.2, 0.25) is 0 Å². The van der Waals surface area contributed by atoms with Crippen molar-refractivity contribution in [3.8, 4) is 0 Å². The molecular weight excluding hydrogens is 188 g/mol. The first-order valence-corrected chi connectivity index (χ1v) is 6.41. The average Bonchev–Trinajstić information content (AvgIpc) is 2.21. The van der Waals surface area contributed by atoms with Gasteiger partial charge in [0.05, 0.1) is 5.92 Å². The molecule has 0 amide bonds. The number of hydrogen-bond donors (Lipinski definition) is 1. The van der Waals surface area contributed by atoms with Crippen LogP contribution in [0.25, 0.3) is 0 Å². The summed E-state index contributed by atoms with van der Waals surface area (Å²) in [6.45, 7) is 4.23. The van der Waals surface area contributed by atoms with Crippen LogP contribution < -0.4 is 0 Å². The monoisotopic (exact) mass is 212 g/mol. The minimum atomic E-state index is -0.587. The molecule has 0 aromatic rings. The minimum Gasteiger partial charge on any atom is -0.481 e. The van der Waals surface area contributed by atoms with Crippen molar-refractivity contribution in [2.24, 2.45) is 17.8 Å². The van der Waals surface area contributed by atoms with Gasteiger partial charge in [0.25, 0.3) is 0 Å². The number of carbonyl (C=O) groups is 1. The lowest BCUT2D eigenvalue weighted by molar-refractivity contribution is -0.144. The summed E-state index contributed by atoms with van der Waals surface area (Å²) in [5, 5.41) is 9.09. The molecule has 0 aliphatic heterocycles. The predicted octanol–water partition coefficient (Wildman–Crippen LogP) is 3.70. The molecule has 15 heavy (non-hydrogen) atoms. The van der Waals surface area contributed by atoms with Gasteiger partial charge in [0.1, 0.15) is 0 Å². The molecule has 88 valence electrons. The molecule has 1 atom stereocenters. The summed E-state index contributed by atoms with van der Waals surface area (Å²) < 4.78 is 0. The Bertz CT molecular complexity index is 193. The van der Waals surface area contributed by atoms with E-state index in [1.54, 1.807) is 0 Å². The number of carboxylic acid groups (broad SMARTS) is 1. The number of carboxylic acids is 1. The second kappa shape index (κ2) is 6.14. The highest BCUT2D eigenvalue weighted by Crippen LogP contribution is 2.36. The Labute approximate surface area is 93.1 Å². The van der Waals surface area contributed by atoms with Gasteiger partial charge in [-0.15, -0.1) is 0 Å². The van der Waals surface area contributed by atoms with Gasteiger partial charge in [-0.05, 0) is 31.1 Å². The molecule has 1 aliphatic rings. The van der Waals surface area contributed by atoms with Crippen molar-refractivity contribution in [1.82, 2.24) is 0 Å². The summed E-state index contributed by atoms with van der Waals surface area (Å²) in [6, 6.07) is 0. The molecule has 1 N–H and O–H groups in total. The molecule has 0 aromatic carbocycles. The maximum atomic E-state index is 11.0. The fraction of sp³-hybridized carbons (Fsp3) is 0.923. The third-order valence-electron chi connectivity index (χ3n) is 3.91. The van der Waals surface area contributed by atoms with Crippen molar-refractivity contribution in [3.05, 3.63) is 0 Å². The van der Waals surface area contributed by atoms with Crippen LogP contribution >= 0.6 is 0 Å². The van der Waals surface area contributed by atoms with E-state index < -0.39 is 5.97 Å². The highest BCUT2D eigenvalue weighted by atomic mass is 16.4. The molecule has 2 nitrogen and oxygen atoms in total. The van der Waals surface area contributed by atoms with Crippen LogP contribution in [0.4, 0.5) is 0 Å². The van der Waals surface area contributed by atoms with E-state index in [4.69, 9.17) is 5.11 Å². The lowest BCUT2D eigenvalue weighted by atomic mass is 9.74. The predicted molar refractivity (Wildman–Crippen MR) is 61.8 cm³/mol. The van der Waals surface area contributed by atoms with E-state index in [1.807, 2.05) is 6.92 Å². The Morgan fingerprint density at radius 3 is 2.27 bits per heavy atom. The fourth-order valence-electron chi connectivity index (χ4n) is 3.00. The zero-order valence-electron chi connectivity index (χ0n) is 10.0. The van der Waals surface area contributed by atoms with Gasteiger partial charge in [-0.1, -0.05) is 39.5 Å². The number of rotatable bonds is 5. The number of hydrogen-bond acceptors (Lipinski definition) is 1. The quantitative estimate of drug-likeness (QED) is 0.754. The highest BCUT2D eigenvalue weighted by molar-refractivity contribution is 5.70. The van der Waals surface area contributed by atoms with Crippen molar-refractivity contribution < 1.29 is 9.90 Å². The third kappa shape index (κ3) is 3.51. The zero-order valence-corrected chi connectivity index (χ0v) is 10.0. The van der Waals surface area contributed by atoms with Crippen molar-refractivity contribution in [2.45, 2.75) is 58.8 Å². The molecule has 0 spiro atoms. The molecule has 1 saturated carbocycles. The molecule has 1 unspecified atom stereocenters. The molecule has 0 bridgehead atoms. The molecule has 0 saturated heterocycles. The summed E-state index contributed by atoms with van der Waals surface area (Å²) in [5.41, 5.74) is 0. The van der Waals surface area contributed by atoms with Crippen molar-refractivity contribution in [2.75, 3.05) is 0 Å². The molecule has 1 aliphatic carbocycles. The van der Waals surface area contributed by atoms with Crippen LogP contribution in [-0.4, -0.2) is 11.1 Å². The maximum Gasteiger partial charge on any atom is 0.306 e. The van der Waals surface area contributed by atoms with Gasteiger partial charge >= 0.3 is 5.97 Å². The average molecular weight is 212 g/mol. The first-order valence-electron chi connectivity index (χ1n) is 6.41. The summed E-state index contributed by atoms with van der Waals surface area (Å²) in [6.07, 6.45) is 8.16. The van der Waals surface area contributed by atoms with Gasteiger partial charge in [0, 0.05) is 0 Å². The van der Waals surface area contributed by atoms with Gasteiger partial charge in [0.2, 0.25) is 0 Å². The number of aliphatic carboxylic acids is 1. The minimum absolute atomic E-state index is 0.0902. The van der Waals surface area contributed by atoms with Crippen molar-refractivity contribution in [3.63, 3.8) is 0 Å². The molecule has 1 fully saturated rings. The fourth-order valence-corrected chi connectivity index (χ4v) is 3.00. The van der Waals surface area contributed by atoms with E-state index in [-0.39, 0.29) is 5.92 Å². The van der Waals surface area contributed by atoms with Gasteiger partial charge in [-0.25, -0.2) is 0 Å². The Morgan fingerprint density at radius 2 is 1.87 bits per heavy atom. The van der Waals surface area contributed by atoms with Crippen molar-refractivity contribution in [1.29, 1.82) is 0 Å². The Kier molecular flexibility index (Phi) is 5.13. The Hall–Kier alpha value is -0.530. The van der Waals surface area contributed by atoms with Gasteiger partial charge < -0.3 is 5.11 Å².